The quantitative estimate of drug-likeness (QED) is 0.287. The van der Waals surface area contributed by atoms with Crippen molar-refractivity contribution in [2.24, 2.45) is 11.8 Å². The molecule has 2 saturated heterocycles. The van der Waals surface area contributed by atoms with Crippen molar-refractivity contribution in [3.63, 3.8) is 0 Å². The zero-order valence-electron chi connectivity index (χ0n) is 26.0. The van der Waals surface area contributed by atoms with Crippen molar-refractivity contribution in [2.75, 3.05) is 38.6 Å². The number of likely N-dealkylation sites (tertiary alicyclic amines) is 1. The first kappa shape index (κ1) is 34.5. The number of fused-ring (bicyclic) bond motifs is 1. The summed E-state index contributed by atoms with van der Waals surface area (Å²) >= 11 is 1.30. The minimum atomic E-state index is -3.68. The number of amides is 1. The standard InChI is InChI=1S/C32H41N5O6S2.ClH/c1-43-28-11-10-27-30(34-28)44-32(33-27)35-29(38)26(20-21-4-2-3-5-21)22-6-8-25(9-7-22)45(41,42)37-18-14-24(15-19-37)36-16-12-23(13-17-36)31(39)40;/h6-11,21,23-24,26H,2-5,12-20H2,1H3,(H,39,40)(H,33,35,38);1H. The molecule has 0 bridgehead atoms. The number of benzene rings is 1. The van der Waals surface area contributed by atoms with Gasteiger partial charge >= 0.3 is 5.97 Å². The normalized spacial score (nSPS) is 19.9. The van der Waals surface area contributed by atoms with Crippen LogP contribution in [0.1, 0.15) is 69.3 Å². The average molecular weight is 692 g/mol. The van der Waals surface area contributed by atoms with Crippen LogP contribution in [0.15, 0.2) is 41.3 Å². The van der Waals surface area contributed by atoms with Gasteiger partial charge < -0.3 is 20.1 Å². The number of carbonyl (C=O) groups excluding carboxylic acids is 1. The first-order valence-corrected chi connectivity index (χ1v) is 18.2. The van der Waals surface area contributed by atoms with Crippen LogP contribution in [0.4, 0.5) is 5.13 Å². The van der Waals surface area contributed by atoms with Gasteiger partial charge in [-0.2, -0.15) is 4.31 Å². The molecular formula is C32H42ClN5O6S2. The van der Waals surface area contributed by atoms with Crippen LogP contribution in [0, 0.1) is 11.8 Å². The number of piperidine rings is 2. The minimum Gasteiger partial charge on any atom is -0.481 e. The number of anilines is 1. The first-order valence-electron chi connectivity index (χ1n) is 15.9. The van der Waals surface area contributed by atoms with E-state index in [-0.39, 0.29) is 35.2 Å². The molecular weight excluding hydrogens is 650 g/mol. The molecule has 250 valence electrons. The molecule has 1 aromatic carbocycles. The summed E-state index contributed by atoms with van der Waals surface area (Å²) in [5.41, 5.74) is 1.48. The fourth-order valence-corrected chi connectivity index (χ4v) is 9.42. The van der Waals surface area contributed by atoms with E-state index >= 15 is 0 Å². The summed E-state index contributed by atoms with van der Waals surface area (Å²) in [6, 6.07) is 10.7. The number of carbonyl (C=O) groups is 2. The molecule has 1 saturated carbocycles. The number of aromatic nitrogens is 2. The summed E-state index contributed by atoms with van der Waals surface area (Å²) < 4.78 is 34.0. The largest absolute Gasteiger partial charge is 0.481 e. The number of carboxylic acid groups (broad SMARTS) is 1. The third-order valence-electron chi connectivity index (χ3n) is 9.77. The van der Waals surface area contributed by atoms with E-state index in [1.807, 2.05) is 6.07 Å². The maximum Gasteiger partial charge on any atom is 0.306 e. The van der Waals surface area contributed by atoms with Gasteiger partial charge in [-0.3, -0.25) is 9.59 Å². The Balaban J connectivity index is 0.00000417. The Morgan fingerprint density at radius 1 is 0.978 bits per heavy atom. The highest BCUT2D eigenvalue weighted by atomic mass is 35.5. The molecule has 6 rings (SSSR count). The number of ether oxygens (including phenoxy) is 1. The zero-order chi connectivity index (χ0) is 31.6. The number of methoxy groups -OCH3 is 1. The second-order valence-corrected chi connectivity index (χ2v) is 15.4. The van der Waals surface area contributed by atoms with Crippen LogP contribution in [0.3, 0.4) is 0 Å². The Hall–Kier alpha value is -2.84. The van der Waals surface area contributed by atoms with Crippen molar-refractivity contribution in [2.45, 2.75) is 74.6 Å². The first-order chi connectivity index (χ1) is 21.7. The molecule has 1 unspecified atom stereocenters. The summed E-state index contributed by atoms with van der Waals surface area (Å²) in [5, 5.41) is 12.8. The average Bonchev–Trinajstić information content (AvgIpc) is 3.73. The van der Waals surface area contributed by atoms with Gasteiger partial charge in [0.1, 0.15) is 10.3 Å². The van der Waals surface area contributed by atoms with E-state index in [4.69, 9.17) is 4.74 Å². The molecule has 2 aromatic heterocycles. The van der Waals surface area contributed by atoms with Gasteiger partial charge in [0.15, 0.2) is 5.13 Å². The number of halogens is 1. The molecule has 1 atom stereocenters. The minimum absolute atomic E-state index is 0. The van der Waals surface area contributed by atoms with E-state index in [9.17, 15) is 23.1 Å². The number of sulfonamides is 1. The number of aliphatic carboxylic acids is 1. The number of hydrogen-bond donors (Lipinski definition) is 2. The fraction of sp³-hybridized carbons (Fsp3) is 0.562. The van der Waals surface area contributed by atoms with Gasteiger partial charge in [-0.15, -0.1) is 12.4 Å². The lowest BCUT2D eigenvalue weighted by molar-refractivity contribution is -0.143. The molecule has 0 radical (unpaired) electrons. The van der Waals surface area contributed by atoms with Gasteiger partial charge in [0, 0.05) is 25.2 Å². The number of pyridine rings is 1. The van der Waals surface area contributed by atoms with Crippen LogP contribution in [-0.2, 0) is 19.6 Å². The van der Waals surface area contributed by atoms with Crippen molar-refractivity contribution >= 4 is 61.1 Å². The molecule has 1 aliphatic carbocycles. The molecule has 0 spiro atoms. The maximum atomic E-state index is 13.7. The van der Waals surface area contributed by atoms with Crippen molar-refractivity contribution in [3.8, 4) is 5.88 Å². The summed E-state index contributed by atoms with van der Waals surface area (Å²) in [5.74, 6) is -0.651. The number of carboxylic acids is 1. The molecule has 3 fully saturated rings. The predicted octanol–water partition coefficient (Wildman–Crippen LogP) is 5.37. The van der Waals surface area contributed by atoms with Crippen LogP contribution in [0.2, 0.25) is 0 Å². The fourth-order valence-electron chi connectivity index (χ4n) is 7.11. The van der Waals surface area contributed by atoms with Crippen LogP contribution in [0.25, 0.3) is 10.3 Å². The molecule has 11 nitrogen and oxygen atoms in total. The third-order valence-corrected chi connectivity index (χ3v) is 12.6. The Morgan fingerprint density at radius 3 is 2.28 bits per heavy atom. The van der Waals surface area contributed by atoms with E-state index in [0.717, 1.165) is 44.3 Å². The van der Waals surface area contributed by atoms with Crippen LogP contribution < -0.4 is 10.1 Å². The van der Waals surface area contributed by atoms with Crippen molar-refractivity contribution in [3.05, 3.63) is 42.0 Å². The lowest BCUT2D eigenvalue weighted by Crippen LogP contribution is -2.49. The highest BCUT2D eigenvalue weighted by Crippen LogP contribution is 2.36. The summed E-state index contributed by atoms with van der Waals surface area (Å²) in [7, 11) is -2.12. The molecule has 4 heterocycles. The molecule has 1 amide bonds. The van der Waals surface area contributed by atoms with Crippen LogP contribution in [-0.4, -0.2) is 83.9 Å². The van der Waals surface area contributed by atoms with Gasteiger partial charge in [0.2, 0.25) is 21.8 Å². The van der Waals surface area contributed by atoms with Crippen LogP contribution >= 0.6 is 23.7 Å². The van der Waals surface area contributed by atoms with Gasteiger partial charge in [0.05, 0.1) is 23.8 Å². The molecule has 2 N–H and O–H groups in total. The molecule has 3 aliphatic rings. The highest BCUT2D eigenvalue weighted by Gasteiger charge is 2.35. The second-order valence-electron chi connectivity index (χ2n) is 12.5. The molecule has 3 aromatic rings. The Labute approximate surface area is 280 Å². The number of hydrogen-bond acceptors (Lipinski definition) is 9. The van der Waals surface area contributed by atoms with Gasteiger partial charge in [0.25, 0.3) is 0 Å². The van der Waals surface area contributed by atoms with Gasteiger partial charge in [-0.25, -0.2) is 18.4 Å². The van der Waals surface area contributed by atoms with Crippen LogP contribution in [0.5, 0.6) is 5.88 Å². The Kier molecular flexibility index (Phi) is 11.2. The third kappa shape index (κ3) is 7.65. The number of rotatable bonds is 10. The second kappa shape index (κ2) is 14.9. The zero-order valence-corrected chi connectivity index (χ0v) is 28.4. The van der Waals surface area contributed by atoms with E-state index in [1.54, 1.807) is 41.7 Å². The summed E-state index contributed by atoms with van der Waals surface area (Å²) in [6.07, 6.45) is 7.96. The number of thiazole rings is 1. The van der Waals surface area contributed by atoms with Crippen molar-refractivity contribution < 1.29 is 27.9 Å². The van der Waals surface area contributed by atoms with Crippen molar-refractivity contribution in [1.29, 1.82) is 0 Å². The van der Waals surface area contributed by atoms with E-state index < -0.39 is 21.9 Å². The summed E-state index contributed by atoms with van der Waals surface area (Å²) in [6.45, 7) is 2.36. The monoisotopic (exact) mass is 691 g/mol. The lowest BCUT2D eigenvalue weighted by atomic mass is 9.87. The summed E-state index contributed by atoms with van der Waals surface area (Å²) in [4.78, 5) is 37.2. The van der Waals surface area contributed by atoms with E-state index in [0.29, 0.717) is 59.6 Å². The Bertz CT molecular complexity index is 1610. The number of nitrogens with one attached hydrogen (secondary N) is 1. The van der Waals surface area contributed by atoms with Gasteiger partial charge in [-0.1, -0.05) is 49.2 Å². The number of nitrogens with zero attached hydrogens (tertiary/aromatic N) is 4. The lowest BCUT2D eigenvalue weighted by Gasteiger charge is -2.40. The molecule has 46 heavy (non-hydrogen) atoms. The Morgan fingerprint density at radius 2 is 1.65 bits per heavy atom. The van der Waals surface area contributed by atoms with E-state index in [1.165, 1.54) is 24.2 Å². The maximum absolute atomic E-state index is 13.7. The predicted molar refractivity (Wildman–Crippen MR) is 179 cm³/mol. The smallest absolute Gasteiger partial charge is 0.306 e. The highest BCUT2D eigenvalue weighted by molar-refractivity contribution is 7.89. The molecule has 14 heteroatoms. The van der Waals surface area contributed by atoms with Gasteiger partial charge in [-0.05, 0) is 74.9 Å². The SMILES string of the molecule is COc1ccc2nc(NC(=O)C(CC3CCCC3)c3ccc(S(=O)(=O)N4CCC(N5CCC(C(=O)O)CC5)CC4)cc3)sc2n1.Cl. The molecule has 2 aliphatic heterocycles. The topological polar surface area (TPSA) is 142 Å². The van der Waals surface area contributed by atoms with E-state index in [2.05, 4.69) is 20.2 Å². The van der Waals surface area contributed by atoms with Crippen molar-refractivity contribution in [1.82, 2.24) is 19.2 Å².